The lowest BCUT2D eigenvalue weighted by Gasteiger charge is -2.26. The van der Waals surface area contributed by atoms with Gasteiger partial charge in [0.25, 0.3) is 0 Å². The fraction of sp³-hybridized carbons (Fsp3) is 0.727. The van der Waals surface area contributed by atoms with E-state index in [9.17, 15) is 4.57 Å². The van der Waals surface area contributed by atoms with Gasteiger partial charge in [0.1, 0.15) is 0 Å². The van der Waals surface area contributed by atoms with E-state index < -0.39 is 7.80 Å². The predicted octanol–water partition coefficient (Wildman–Crippen LogP) is 7.15. The monoisotopic (exact) mass is 377 g/mol. The van der Waals surface area contributed by atoms with E-state index in [1.807, 2.05) is 0 Å². The molecule has 0 saturated carbocycles. The molecule has 2 aliphatic heterocycles. The second kappa shape index (κ2) is 8.19. The van der Waals surface area contributed by atoms with Crippen LogP contribution >= 0.6 is 15.7 Å². The van der Waals surface area contributed by atoms with Gasteiger partial charge in [-0.05, 0) is 61.6 Å². The highest BCUT2D eigenvalue weighted by atomic mass is 31.1. The minimum absolute atomic E-state index is 0.00851. The van der Waals surface area contributed by atoms with E-state index in [1.165, 1.54) is 31.2 Å². The van der Waals surface area contributed by atoms with Crippen LogP contribution in [0.15, 0.2) is 24.3 Å². The minimum Gasteiger partial charge on any atom is -0.0735 e. The number of rotatable bonds is 6. The van der Waals surface area contributed by atoms with E-state index in [2.05, 4.69) is 52.0 Å². The van der Waals surface area contributed by atoms with Crippen LogP contribution in [0.3, 0.4) is 0 Å². The molecule has 0 spiro atoms. The Bertz CT molecular complexity index is 585. The van der Waals surface area contributed by atoms with E-state index in [4.69, 9.17) is 0 Å². The van der Waals surface area contributed by atoms with Crippen LogP contribution in [0.4, 0.5) is 0 Å². The van der Waals surface area contributed by atoms with Gasteiger partial charge in [-0.25, -0.2) is 0 Å². The van der Waals surface area contributed by atoms with Gasteiger partial charge in [0, 0.05) is 12.0 Å². The zero-order chi connectivity index (χ0) is 18.0. The van der Waals surface area contributed by atoms with Crippen molar-refractivity contribution in [3.05, 3.63) is 29.8 Å². The van der Waals surface area contributed by atoms with E-state index >= 15 is 0 Å². The SMILES string of the molecule is CC[C@@H]1CC[C@@H](CC)P1c1ccc([C@]2(CC)CC[C@@H](CC)[P+]2=O)cc1. The summed E-state index contributed by atoms with van der Waals surface area (Å²) >= 11 is 0. The molecule has 3 heteroatoms. The second-order valence-electron chi connectivity index (χ2n) is 7.97. The molecule has 1 nitrogen and oxygen atoms in total. The fourth-order valence-electron chi connectivity index (χ4n) is 5.29. The average Bonchev–Trinajstić information content (AvgIpc) is 3.22. The molecule has 2 saturated heterocycles. The van der Waals surface area contributed by atoms with Crippen molar-refractivity contribution in [2.75, 3.05) is 0 Å². The molecule has 1 aromatic rings. The molecule has 3 rings (SSSR count). The molecule has 2 aliphatic rings. The Labute approximate surface area is 156 Å². The maximum atomic E-state index is 13.2. The Morgan fingerprint density at radius 3 is 2.00 bits per heavy atom. The first-order valence-electron chi connectivity index (χ1n) is 10.5. The van der Waals surface area contributed by atoms with Crippen molar-refractivity contribution in [2.24, 2.45) is 0 Å². The van der Waals surface area contributed by atoms with Crippen LogP contribution in [0.1, 0.15) is 84.6 Å². The van der Waals surface area contributed by atoms with E-state index in [0.717, 1.165) is 37.0 Å². The highest BCUT2D eigenvalue weighted by Gasteiger charge is 2.57. The van der Waals surface area contributed by atoms with E-state index in [-0.39, 0.29) is 13.1 Å². The van der Waals surface area contributed by atoms with Gasteiger partial charge in [0.2, 0.25) is 0 Å². The molecule has 2 heterocycles. The first-order chi connectivity index (χ1) is 12.1. The van der Waals surface area contributed by atoms with Gasteiger partial charge in [0.05, 0.1) is 0 Å². The van der Waals surface area contributed by atoms with Gasteiger partial charge in [-0.3, -0.25) is 0 Å². The van der Waals surface area contributed by atoms with Crippen LogP contribution in [-0.4, -0.2) is 17.0 Å². The largest absolute Gasteiger partial charge is 0.352 e. The Hall–Kier alpha value is -0.250. The smallest absolute Gasteiger partial charge is 0.0735 e. The number of hydrogen-bond donors (Lipinski definition) is 0. The van der Waals surface area contributed by atoms with E-state index in [1.54, 1.807) is 5.30 Å². The van der Waals surface area contributed by atoms with Crippen molar-refractivity contribution in [1.29, 1.82) is 0 Å². The van der Waals surface area contributed by atoms with Crippen LogP contribution < -0.4 is 5.30 Å². The van der Waals surface area contributed by atoms with Gasteiger partial charge in [-0.1, -0.05) is 64.4 Å². The van der Waals surface area contributed by atoms with Crippen LogP contribution in [-0.2, 0) is 9.72 Å². The third kappa shape index (κ3) is 3.37. The molecule has 0 radical (unpaired) electrons. The summed E-state index contributed by atoms with van der Waals surface area (Å²) in [6, 6.07) is 9.53. The summed E-state index contributed by atoms with van der Waals surface area (Å²) in [6.45, 7) is 9.17. The molecular weight excluding hydrogens is 342 g/mol. The molecule has 0 aliphatic carbocycles. The molecule has 5 atom stereocenters. The summed E-state index contributed by atoms with van der Waals surface area (Å²) in [5, 5.41) is 1.55. The Morgan fingerprint density at radius 1 is 0.960 bits per heavy atom. The first-order valence-corrected chi connectivity index (χ1v) is 13.3. The van der Waals surface area contributed by atoms with Crippen molar-refractivity contribution in [2.45, 2.75) is 101 Å². The molecule has 0 aromatic heterocycles. The summed E-state index contributed by atoms with van der Waals surface area (Å²) in [6.07, 6.45) is 9.83. The molecule has 0 amide bonds. The van der Waals surface area contributed by atoms with Gasteiger partial charge < -0.3 is 0 Å². The lowest BCUT2D eigenvalue weighted by Crippen LogP contribution is -2.19. The van der Waals surface area contributed by atoms with Crippen LogP contribution in [0.25, 0.3) is 0 Å². The van der Waals surface area contributed by atoms with E-state index in [0.29, 0.717) is 5.66 Å². The standard InChI is InChI=1S/C22H35OP2/c1-5-18-13-14-19(6-2)24(18)21-11-9-17(10-12-21)22(8-4)16-15-20(7-3)25(22)23/h9-12,18-20H,5-8,13-16H2,1-4H3/q+1/t18-,19-,20-,22+/m1/s1. The highest BCUT2D eigenvalue weighted by Crippen LogP contribution is 2.63. The quantitative estimate of drug-likeness (QED) is 0.481. The van der Waals surface area contributed by atoms with Crippen LogP contribution in [0, 0.1) is 0 Å². The predicted molar refractivity (Wildman–Crippen MR) is 113 cm³/mol. The van der Waals surface area contributed by atoms with Crippen molar-refractivity contribution in [1.82, 2.24) is 0 Å². The summed E-state index contributed by atoms with van der Waals surface area (Å²) < 4.78 is 13.2. The van der Waals surface area contributed by atoms with Gasteiger partial charge >= 0.3 is 7.80 Å². The topological polar surface area (TPSA) is 17.1 Å². The molecular formula is C22H35OP2+. The average molecular weight is 377 g/mol. The minimum atomic E-state index is -1.14. The summed E-state index contributed by atoms with van der Waals surface area (Å²) in [7, 11) is -1.15. The lowest BCUT2D eigenvalue weighted by molar-refractivity contribution is 0.521. The second-order valence-corrected chi connectivity index (χ2v) is 13.0. The summed E-state index contributed by atoms with van der Waals surface area (Å²) in [5.41, 5.74) is 3.62. The summed E-state index contributed by atoms with van der Waals surface area (Å²) in [4.78, 5) is 0. The third-order valence-corrected chi connectivity index (χ3v) is 13.6. The molecule has 0 bridgehead atoms. The number of benzene rings is 1. The zero-order valence-electron chi connectivity index (χ0n) is 16.5. The van der Waals surface area contributed by atoms with Crippen molar-refractivity contribution < 1.29 is 4.57 Å². The van der Waals surface area contributed by atoms with Gasteiger partial charge in [0.15, 0.2) is 10.8 Å². The molecule has 0 N–H and O–H groups in total. The molecule has 138 valence electrons. The summed E-state index contributed by atoms with van der Waals surface area (Å²) in [5.74, 6) is 0. The normalized spacial score (nSPS) is 34.7. The first kappa shape index (κ1) is 19.5. The maximum Gasteiger partial charge on any atom is 0.352 e. The number of hydrogen-bond acceptors (Lipinski definition) is 1. The van der Waals surface area contributed by atoms with Crippen LogP contribution in [0.2, 0.25) is 0 Å². The Balaban J connectivity index is 1.88. The lowest BCUT2D eigenvalue weighted by atomic mass is 9.90. The van der Waals surface area contributed by atoms with Crippen molar-refractivity contribution in [3.8, 4) is 0 Å². The molecule has 2 fully saturated rings. The van der Waals surface area contributed by atoms with Crippen molar-refractivity contribution in [3.63, 3.8) is 0 Å². The van der Waals surface area contributed by atoms with Gasteiger partial charge in [-0.2, -0.15) is 0 Å². The fourth-order valence-corrected chi connectivity index (χ4v) is 11.3. The highest BCUT2D eigenvalue weighted by molar-refractivity contribution is 7.67. The van der Waals surface area contributed by atoms with Gasteiger partial charge in [-0.15, -0.1) is 0 Å². The third-order valence-electron chi connectivity index (χ3n) is 6.97. The van der Waals surface area contributed by atoms with Crippen molar-refractivity contribution >= 4 is 21.0 Å². The zero-order valence-corrected chi connectivity index (χ0v) is 18.3. The Kier molecular flexibility index (Phi) is 6.39. The maximum absolute atomic E-state index is 13.2. The molecule has 25 heavy (non-hydrogen) atoms. The molecule has 1 unspecified atom stereocenters. The Morgan fingerprint density at radius 2 is 1.56 bits per heavy atom. The molecule has 1 aromatic carbocycles. The van der Waals surface area contributed by atoms with Crippen LogP contribution in [0.5, 0.6) is 0 Å².